The molecule has 3 aliphatic rings. The topological polar surface area (TPSA) is 16.1 Å². The largest absolute Gasteiger partial charge is 0.345 e. The first-order chi connectivity index (χ1) is 7.36. The molecule has 3 heterocycles. The molecule has 82 valence electrons. The van der Waals surface area contributed by atoms with Crippen molar-refractivity contribution < 1.29 is 0 Å². The highest BCUT2D eigenvalue weighted by Gasteiger charge is 2.34. The molecule has 4 heteroatoms. The van der Waals surface area contributed by atoms with Gasteiger partial charge >= 0.3 is 0 Å². The van der Waals surface area contributed by atoms with E-state index >= 15 is 0 Å². The fourth-order valence-electron chi connectivity index (χ4n) is 2.79. The van der Waals surface area contributed by atoms with Crippen LogP contribution in [0.3, 0.4) is 0 Å². The summed E-state index contributed by atoms with van der Waals surface area (Å²) in [5, 5.41) is 3.28. The second-order valence-electron chi connectivity index (χ2n) is 4.58. The summed E-state index contributed by atoms with van der Waals surface area (Å²) in [5.74, 6) is 1.46. The van der Waals surface area contributed by atoms with Gasteiger partial charge in [-0.05, 0) is 31.6 Å². The van der Waals surface area contributed by atoms with Crippen molar-refractivity contribution in [3.05, 3.63) is 11.1 Å². The van der Waals surface area contributed by atoms with Gasteiger partial charge in [-0.2, -0.15) is 0 Å². The Morgan fingerprint density at radius 1 is 1.40 bits per heavy atom. The summed E-state index contributed by atoms with van der Waals surface area (Å²) < 4.78 is 0. The Labute approximate surface area is 99.3 Å². The van der Waals surface area contributed by atoms with E-state index in [0.717, 1.165) is 17.7 Å². The minimum Gasteiger partial charge on any atom is -0.345 e. The highest BCUT2D eigenvalue weighted by Crippen LogP contribution is 2.38. The Bertz CT molecular complexity index is 344. The first-order valence-electron chi connectivity index (χ1n) is 5.64. The highest BCUT2D eigenvalue weighted by atomic mass is 35.5. The molecule has 0 spiro atoms. The molecule has 0 N–H and O–H groups in total. The number of alkyl halides is 1. The third-order valence-electron chi connectivity index (χ3n) is 3.63. The number of aromatic nitrogens is 1. The van der Waals surface area contributed by atoms with E-state index in [0.29, 0.717) is 5.88 Å². The zero-order valence-electron chi connectivity index (χ0n) is 8.66. The first-order valence-corrected chi connectivity index (χ1v) is 7.05. The molecule has 2 aliphatic heterocycles. The average molecular weight is 243 g/mol. The van der Waals surface area contributed by atoms with E-state index in [4.69, 9.17) is 11.6 Å². The number of halogens is 1. The number of rotatable bonds is 2. The van der Waals surface area contributed by atoms with Gasteiger partial charge in [0.2, 0.25) is 0 Å². The van der Waals surface area contributed by atoms with Crippen LogP contribution in [0.15, 0.2) is 5.38 Å². The van der Waals surface area contributed by atoms with Gasteiger partial charge in [0.1, 0.15) is 0 Å². The lowest BCUT2D eigenvalue weighted by atomic mass is 9.80. The average Bonchev–Trinajstić information content (AvgIpc) is 2.79. The maximum absolute atomic E-state index is 5.78. The fraction of sp³-hybridized carbons (Fsp3) is 0.727. The van der Waals surface area contributed by atoms with Crippen molar-refractivity contribution >= 4 is 28.1 Å². The lowest BCUT2D eigenvalue weighted by Gasteiger charge is -2.45. The predicted molar refractivity (Wildman–Crippen MR) is 64.8 cm³/mol. The number of anilines is 1. The van der Waals surface area contributed by atoms with Crippen LogP contribution in [0.25, 0.3) is 0 Å². The Balaban J connectivity index is 1.81. The van der Waals surface area contributed by atoms with Crippen LogP contribution in [-0.4, -0.2) is 17.6 Å². The van der Waals surface area contributed by atoms with Crippen molar-refractivity contribution in [1.82, 2.24) is 4.98 Å². The lowest BCUT2D eigenvalue weighted by Crippen LogP contribution is -2.48. The zero-order chi connectivity index (χ0) is 10.3. The number of hydrogen-bond donors (Lipinski definition) is 0. The normalized spacial score (nSPS) is 29.8. The summed E-state index contributed by atoms with van der Waals surface area (Å²) in [6, 6.07) is 0.754. The Morgan fingerprint density at radius 2 is 2.20 bits per heavy atom. The summed E-state index contributed by atoms with van der Waals surface area (Å²) in [6.45, 7) is 1.22. The van der Waals surface area contributed by atoms with Crippen LogP contribution in [-0.2, 0) is 5.88 Å². The van der Waals surface area contributed by atoms with E-state index in [1.807, 2.05) is 0 Å². The summed E-state index contributed by atoms with van der Waals surface area (Å²) in [5.41, 5.74) is 1.03. The standard InChI is InChI=1S/C11H15ClN2S/c12-5-9-7-15-11(13-9)14-6-8-1-3-10(14)4-2-8/h7-8,10H,1-6H2. The molecule has 1 aromatic rings. The van der Waals surface area contributed by atoms with Gasteiger partial charge in [-0.3, -0.25) is 0 Å². The van der Waals surface area contributed by atoms with Crippen LogP contribution >= 0.6 is 22.9 Å². The number of hydrogen-bond acceptors (Lipinski definition) is 3. The molecule has 2 saturated heterocycles. The van der Waals surface area contributed by atoms with Crippen LogP contribution in [0.2, 0.25) is 0 Å². The summed E-state index contributed by atoms with van der Waals surface area (Å²) in [4.78, 5) is 7.10. The second-order valence-corrected chi connectivity index (χ2v) is 5.69. The molecule has 0 radical (unpaired) electrons. The number of nitrogens with zero attached hydrogens (tertiary/aromatic N) is 2. The molecular weight excluding hydrogens is 228 g/mol. The molecule has 1 saturated carbocycles. The van der Waals surface area contributed by atoms with Crippen molar-refractivity contribution in [1.29, 1.82) is 0 Å². The third-order valence-corrected chi connectivity index (χ3v) is 4.83. The Hall–Kier alpha value is -0.280. The molecule has 0 amide bonds. The number of thiazole rings is 1. The van der Waals surface area contributed by atoms with E-state index in [1.165, 1.54) is 37.4 Å². The van der Waals surface area contributed by atoms with Crippen LogP contribution in [0.1, 0.15) is 31.4 Å². The van der Waals surface area contributed by atoms with Crippen molar-refractivity contribution in [3.63, 3.8) is 0 Å². The van der Waals surface area contributed by atoms with E-state index in [9.17, 15) is 0 Å². The molecule has 2 nitrogen and oxygen atoms in total. The first kappa shape index (κ1) is 9.91. The smallest absolute Gasteiger partial charge is 0.185 e. The van der Waals surface area contributed by atoms with Crippen molar-refractivity contribution in [2.45, 2.75) is 37.6 Å². The van der Waals surface area contributed by atoms with Gasteiger partial charge in [-0.1, -0.05) is 0 Å². The van der Waals surface area contributed by atoms with Crippen molar-refractivity contribution in [2.75, 3.05) is 11.4 Å². The van der Waals surface area contributed by atoms with E-state index < -0.39 is 0 Å². The molecular formula is C11H15ClN2S. The highest BCUT2D eigenvalue weighted by molar-refractivity contribution is 7.13. The van der Waals surface area contributed by atoms with E-state index in [2.05, 4.69) is 15.3 Å². The molecule has 0 atom stereocenters. The van der Waals surface area contributed by atoms with Crippen LogP contribution < -0.4 is 4.90 Å². The molecule has 15 heavy (non-hydrogen) atoms. The van der Waals surface area contributed by atoms with Gasteiger partial charge in [0.15, 0.2) is 5.13 Å². The fourth-order valence-corrected chi connectivity index (χ4v) is 3.93. The van der Waals surface area contributed by atoms with Crippen LogP contribution in [0.5, 0.6) is 0 Å². The van der Waals surface area contributed by atoms with E-state index in [-0.39, 0.29) is 0 Å². The van der Waals surface area contributed by atoms with Gasteiger partial charge in [0, 0.05) is 18.0 Å². The molecule has 0 aromatic carbocycles. The van der Waals surface area contributed by atoms with Crippen molar-refractivity contribution in [2.24, 2.45) is 5.92 Å². The lowest BCUT2D eigenvalue weighted by molar-refractivity contribution is 0.252. The quantitative estimate of drug-likeness (QED) is 0.740. The van der Waals surface area contributed by atoms with E-state index in [1.54, 1.807) is 11.3 Å². The summed E-state index contributed by atoms with van der Waals surface area (Å²) >= 11 is 7.53. The van der Waals surface area contributed by atoms with Gasteiger partial charge < -0.3 is 4.90 Å². The third kappa shape index (κ3) is 1.76. The summed E-state index contributed by atoms with van der Waals surface area (Å²) in [6.07, 6.45) is 5.57. The number of fused-ring (bicyclic) bond motifs is 3. The Kier molecular flexibility index (Phi) is 2.61. The second kappa shape index (κ2) is 3.95. The van der Waals surface area contributed by atoms with Crippen LogP contribution in [0, 0.1) is 5.92 Å². The predicted octanol–water partition coefficient (Wildman–Crippen LogP) is 3.26. The summed E-state index contributed by atoms with van der Waals surface area (Å²) in [7, 11) is 0. The van der Waals surface area contributed by atoms with Gasteiger partial charge in [0.05, 0.1) is 11.6 Å². The van der Waals surface area contributed by atoms with Gasteiger partial charge in [-0.25, -0.2) is 4.98 Å². The molecule has 2 bridgehead atoms. The number of piperidine rings is 2. The molecule has 1 aliphatic carbocycles. The van der Waals surface area contributed by atoms with Crippen LogP contribution in [0.4, 0.5) is 5.13 Å². The van der Waals surface area contributed by atoms with Gasteiger partial charge in [-0.15, -0.1) is 22.9 Å². The SMILES string of the molecule is ClCc1csc(N2CC3CCC2CC3)n1. The molecule has 0 unspecified atom stereocenters. The molecule has 1 aromatic heterocycles. The molecule has 4 rings (SSSR count). The minimum absolute atomic E-state index is 0.540. The zero-order valence-corrected chi connectivity index (χ0v) is 10.2. The van der Waals surface area contributed by atoms with Gasteiger partial charge in [0.25, 0.3) is 0 Å². The maximum Gasteiger partial charge on any atom is 0.185 e. The maximum atomic E-state index is 5.78. The minimum atomic E-state index is 0.540. The van der Waals surface area contributed by atoms with Crippen molar-refractivity contribution in [3.8, 4) is 0 Å². The molecule has 3 fully saturated rings. The Morgan fingerprint density at radius 3 is 2.73 bits per heavy atom. The monoisotopic (exact) mass is 242 g/mol.